The zero-order chi connectivity index (χ0) is 15.0. The molecule has 4 heteroatoms. The fraction of sp³-hybridized carbons (Fsp3) is 0.750. The molecule has 0 radical (unpaired) electrons. The Kier molecular flexibility index (Phi) is 8.38. The first kappa shape index (κ1) is 17.6. The fourth-order valence-electron chi connectivity index (χ4n) is 2.04. The van der Waals surface area contributed by atoms with E-state index in [0.29, 0.717) is 6.04 Å². The van der Waals surface area contributed by atoms with Gasteiger partial charge in [-0.05, 0) is 31.6 Å². The number of hydrogen-bond donors (Lipinski definition) is 1. The van der Waals surface area contributed by atoms with Crippen LogP contribution < -0.4 is 5.32 Å². The van der Waals surface area contributed by atoms with Crippen molar-refractivity contribution in [1.82, 2.24) is 10.2 Å². The summed E-state index contributed by atoms with van der Waals surface area (Å²) in [5.74, 6) is 0. The summed E-state index contributed by atoms with van der Waals surface area (Å²) in [4.78, 5) is 5.17. The summed E-state index contributed by atoms with van der Waals surface area (Å²) in [6, 6.07) is 2.82. The number of aryl methyl sites for hydroxylation is 1. The molecule has 1 heterocycles. The molecule has 0 amide bonds. The van der Waals surface area contributed by atoms with Crippen LogP contribution in [-0.4, -0.2) is 37.2 Å². The molecule has 0 aromatic carbocycles. The third-order valence-corrected chi connectivity index (χ3v) is 4.55. The van der Waals surface area contributed by atoms with Crippen molar-refractivity contribution in [2.75, 3.05) is 26.2 Å². The van der Waals surface area contributed by atoms with Crippen LogP contribution in [0.5, 0.6) is 0 Å². The van der Waals surface area contributed by atoms with Gasteiger partial charge in [0.2, 0.25) is 0 Å². The maximum Gasteiger partial charge on any atom is 0.0728 e. The number of rotatable bonds is 10. The topological polar surface area (TPSA) is 24.5 Å². The SMILES string of the molecule is CCN(CC)CCOCc1cc(CNC(C)C)sc1C. The van der Waals surface area contributed by atoms with Crippen molar-refractivity contribution in [2.24, 2.45) is 0 Å². The van der Waals surface area contributed by atoms with Crippen molar-refractivity contribution < 1.29 is 4.74 Å². The van der Waals surface area contributed by atoms with Crippen LogP contribution in [0.25, 0.3) is 0 Å². The van der Waals surface area contributed by atoms with Gasteiger partial charge in [0.15, 0.2) is 0 Å². The molecule has 0 saturated heterocycles. The summed E-state index contributed by atoms with van der Waals surface area (Å²) in [7, 11) is 0. The van der Waals surface area contributed by atoms with Crippen molar-refractivity contribution in [3.63, 3.8) is 0 Å². The van der Waals surface area contributed by atoms with Crippen LogP contribution >= 0.6 is 11.3 Å². The number of hydrogen-bond acceptors (Lipinski definition) is 4. The predicted octanol–water partition coefficient (Wildman–Crippen LogP) is 3.41. The second kappa shape index (κ2) is 9.50. The number of likely N-dealkylation sites (N-methyl/N-ethyl adjacent to an activating group) is 1. The monoisotopic (exact) mass is 298 g/mol. The minimum absolute atomic E-state index is 0.533. The molecule has 0 aliphatic carbocycles. The Bertz CT molecular complexity index is 373. The first-order chi connectivity index (χ1) is 9.56. The first-order valence-electron chi connectivity index (χ1n) is 7.68. The van der Waals surface area contributed by atoms with E-state index in [-0.39, 0.29) is 0 Å². The van der Waals surface area contributed by atoms with Gasteiger partial charge in [-0.1, -0.05) is 27.7 Å². The number of ether oxygens (including phenoxy) is 1. The van der Waals surface area contributed by atoms with Gasteiger partial charge in [-0.2, -0.15) is 0 Å². The van der Waals surface area contributed by atoms with Crippen molar-refractivity contribution in [2.45, 2.75) is 53.8 Å². The van der Waals surface area contributed by atoms with Crippen LogP contribution in [0.2, 0.25) is 0 Å². The van der Waals surface area contributed by atoms with E-state index in [0.717, 1.165) is 39.4 Å². The van der Waals surface area contributed by atoms with Crippen LogP contribution in [0, 0.1) is 6.92 Å². The van der Waals surface area contributed by atoms with Crippen LogP contribution in [0.1, 0.15) is 43.0 Å². The second-order valence-corrected chi connectivity index (χ2v) is 6.75. The van der Waals surface area contributed by atoms with E-state index in [1.807, 2.05) is 11.3 Å². The number of nitrogens with zero attached hydrogens (tertiary/aromatic N) is 1. The Labute approximate surface area is 128 Å². The molecular weight excluding hydrogens is 268 g/mol. The molecule has 0 aliphatic rings. The van der Waals surface area contributed by atoms with Crippen LogP contribution in [-0.2, 0) is 17.9 Å². The Balaban J connectivity index is 2.33. The minimum Gasteiger partial charge on any atom is -0.375 e. The summed E-state index contributed by atoms with van der Waals surface area (Å²) >= 11 is 1.88. The average Bonchev–Trinajstić information content (AvgIpc) is 2.77. The zero-order valence-corrected chi connectivity index (χ0v) is 14.5. The third-order valence-electron chi connectivity index (χ3n) is 3.46. The van der Waals surface area contributed by atoms with E-state index in [1.165, 1.54) is 15.3 Å². The third kappa shape index (κ3) is 6.35. The minimum atomic E-state index is 0.533. The fourth-order valence-corrected chi connectivity index (χ4v) is 3.04. The van der Waals surface area contributed by atoms with E-state index in [9.17, 15) is 0 Å². The highest BCUT2D eigenvalue weighted by molar-refractivity contribution is 7.12. The largest absolute Gasteiger partial charge is 0.375 e. The van der Waals surface area contributed by atoms with Crippen LogP contribution in [0.3, 0.4) is 0 Å². The molecule has 0 atom stereocenters. The molecule has 0 bridgehead atoms. The van der Waals surface area contributed by atoms with E-state index in [4.69, 9.17) is 4.74 Å². The molecule has 0 unspecified atom stereocenters. The molecule has 1 aromatic heterocycles. The van der Waals surface area contributed by atoms with E-state index < -0.39 is 0 Å². The zero-order valence-electron chi connectivity index (χ0n) is 13.7. The highest BCUT2D eigenvalue weighted by atomic mass is 32.1. The van der Waals surface area contributed by atoms with Gasteiger partial charge in [-0.25, -0.2) is 0 Å². The van der Waals surface area contributed by atoms with Crippen molar-refractivity contribution >= 4 is 11.3 Å². The first-order valence-corrected chi connectivity index (χ1v) is 8.50. The molecule has 0 fully saturated rings. The lowest BCUT2D eigenvalue weighted by atomic mass is 10.2. The highest BCUT2D eigenvalue weighted by Gasteiger charge is 2.06. The van der Waals surface area contributed by atoms with E-state index in [1.54, 1.807) is 0 Å². The van der Waals surface area contributed by atoms with Crippen LogP contribution in [0.15, 0.2) is 6.07 Å². The Morgan fingerprint density at radius 2 is 2.00 bits per heavy atom. The van der Waals surface area contributed by atoms with Gasteiger partial charge in [0, 0.05) is 28.9 Å². The van der Waals surface area contributed by atoms with E-state index in [2.05, 4.69) is 50.9 Å². The quantitative estimate of drug-likeness (QED) is 0.670. The standard InChI is InChI=1S/C16H30N2OS/c1-6-18(7-2)8-9-19-12-15-10-16(20-14(15)5)11-17-13(3)4/h10,13,17H,6-9,11-12H2,1-5H3. The van der Waals surface area contributed by atoms with E-state index >= 15 is 0 Å². The molecular formula is C16H30N2OS. The summed E-state index contributed by atoms with van der Waals surface area (Å²) < 4.78 is 5.82. The van der Waals surface area contributed by atoms with Gasteiger partial charge in [-0.15, -0.1) is 11.3 Å². The average molecular weight is 298 g/mol. The van der Waals surface area contributed by atoms with Crippen molar-refractivity contribution in [3.8, 4) is 0 Å². The lowest BCUT2D eigenvalue weighted by Gasteiger charge is -2.17. The summed E-state index contributed by atoms with van der Waals surface area (Å²) in [5.41, 5.74) is 1.34. The van der Waals surface area contributed by atoms with Crippen LogP contribution in [0.4, 0.5) is 0 Å². The lowest BCUT2D eigenvalue weighted by Crippen LogP contribution is -2.26. The van der Waals surface area contributed by atoms with Gasteiger partial charge in [0.25, 0.3) is 0 Å². The summed E-state index contributed by atoms with van der Waals surface area (Å²) in [6.45, 7) is 16.7. The highest BCUT2D eigenvalue weighted by Crippen LogP contribution is 2.22. The molecule has 0 saturated carbocycles. The molecule has 1 aromatic rings. The Morgan fingerprint density at radius 3 is 2.60 bits per heavy atom. The van der Waals surface area contributed by atoms with Crippen molar-refractivity contribution in [1.29, 1.82) is 0 Å². The molecule has 3 nitrogen and oxygen atoms in total. The lowest BCUT2D eigenvalue weighted by molar-refractivity contribution is 0.0955. The van der Waals surface area contributed by atoms with Gasteiger partial charge >= 0.3 is 0 Å². The van der Waals surface area contributed by atoms with Gasteiger partial charge in [0.05, 0.1) is 13.2 Å². The molecule has 0 spiro atoms. The smallest absolute Gasteiger partial charge is 0.0728 e. The van der Waals surface area contributed by atoms with Gasteiger partial charge in [-0.3, -0.25) is 0 Å². The second-order valence-electron chi connectivity index (χ2n) is 5.41. The number of thiophene rings is 1. The molecule has 116 valence electrons. The maximum absolute atomic E-state index is 5.82. The predicted molar refractivity (Wildman–Crippen MR) is 88.5 cm³/mol. The molecule has 1 rings (SSSR count). The number of nitrogens with one attached hydrogen (secondary N) is 1. The summed E-state index contributed by atoms with van der Waals surface area (Å²) in [6.07, 6.45) is 0. The maximum atomic E-state index is 5.82. The van der Waals surface area contributed by atoms with Gasteiger partial charge < -0.3 is 15.0 Å². The molecule has 0 aliphatic heterocycles. The molecule has 1 N–H and O–H groups in total. The van der Waals surface area contributed by atoms with Crippen molar-refractivity contribution in [3.05, 3.63) is 21.4 Å². The summed E-state index contributed by atoms with van der Waals surface area (Å²) in [5, 5.41) is 3.46. The Hall–Kier alpha value is -0.420. The Morgan fingerprint density at radius 1 is 1.30 bits per heavy atom. The normalized spacial score (nSPS) is 11.8. The van der Waals surface area contributed by atoms with Gasteiger partial charge in [0.1, 0.15) is 0 Å². The molecule has 20 heavy (non-hydrogen) atoms.